The standard InChI is InChI=1S/C29H30N4O5/c1-3-37-29(36)23-18-22-25(30-24-16-10-11-17-32(24)28(22)35)33(20-12-6-4-7-13-20)26(23)31-27(34)19(2)38-21-14-8-5-9-15-21/h5,8-11,14-20H,3-4,6-7,12-13H2,1-2H3/t19-/m0/s1. The van der Waals surface area contributed by atoms with Crippen LogP contribution >= 0.6 is 0 Å². The maximum atomic E-state index is 13.5. The molecule has 3 aromatic heterocycles. The summed E-state index contributed by atoms with van der Waals surface area (Å²) in [6.45, 7) is 3.46. The highest BCUT2D eigenvalue weighted by molar-refractivity contribution is 5.94. The van der Waals surface area contributed by atoms with Crippen molar-refractivity contribution in [1.82, 2.24) is 14.0 Å². The summed E-state index contributed by atoms with van der Waals surface area (Å²) in [6, 6.07) is 15.7. The molecule has 1 atom stereocenters. The molecule has 1 amide bonds. The van der Waals surface area contributed by atoms with E-state index in [4.69, 9.17) is 14.5 Å². The summed E-state index contributed by atoms with van der Waals surface area (Å²) in [4.78, 5) is 49.3. The minimum atomic E-state index is -0.905. The number of hydrogen-bond acceptors (Lipinski definition) is 6. The molecule has 0 N–H and O–H groups in total. The molecule has 9 nitrogen and oxygen atoms in total. The van der Waals surface area contributed by atoms with Crippen LogP contribution in [0.2, 0.25) is 0 Å². The lowest BCUT2D eigenvalue weighted by Gasteiger charge is -2.27. The van der Waals surface area contributed by atoms with E-state index in [1.54, 1.807) is 44.3 Å². The zero-order chi connectivity index (χ0) is 26.6. The van der Waals surface area contributed by atoms with E-state index in [-0.39, 0.29) is 34.6 Å². The molecule has 0 aliphatic heterocycles. The van der Waals surface area contributed by atoms with Gasteiger partial charge in [-0.25, -0.2) is 9.78 Å². The number of benzene rings is 1. The Labute approximate surface area is 219 Å². The van der Waals surface area contributed by atoms with Gasteiger partial charge in [0.05, 0.1) is 12.0 Å². The Morgan fingerprint density at radius 2 is 1.82 bits per heavy atom. The van der Waals surface area contributed by atoms with Crippen molar-refractivity contribution in [3.63, 3.8) is 0 Å². The van der Waals surface area contributed by atoms with Gasteiger partial charge >= 0.3 is 5.97 Å². The fourth-order valence-electron chi connectivity index (χ4n) is 4.95. The molecule has 0 radical (unpaired) electrons. The molecule has 1 aliphatic rings. The molecule has 4 aromatic rings. The van der Waals surface area contributed by atoms with E-state index < -0.39 is 18.0 Å². The van der Waals surface area contributed by atoms with Crippen LogP contribution in [0.15, 0.2) is 70.6 Å². The number of esters is 1. The van der Waals surface area contributed by atoms with E-state index in [0.717, 1.165) is 32.1 Å². The molecule has 5 rings (SSSR count). The van der Waals surface area contributed by atoms with Gasteiger partial charge in [0, 0.05) is 12.2 Å². The number of rotatable bonds is 6. The maximum absolute atomic E-state index is 13.5. The largest absolute Gasteiger partial charge is 0.481 e. The van der Waals surface area contributed by atoms with E-state index in [9.17, 15) is 14.4 Å². The minimum Gasteiger partial charge on any atom is -0.481 e. The van der Waals surface area contributed by atoms with Crippen LogP contribution in [-0.2, 0) is 9.53 Å². The summed E-state index contributed by atoms with van der Waals surface area (Å²) in [7, 11) is 0. The predicted molar refractivity (Wildman–Crippen MR) is 142 cm³/mol. The van der Waals surface area contributed by atoms with Crippen LogP contribution in [0.25, 0.3) is 16.7 Å². The van der Waals surface area contributed by atoms with Gasteiger partial charge in [0.25, 0.3) is 11.5 Å². The number of aromatic nitrogens is 3. The average Bonchev–Trinajstić information content (AvgIpc) is 2.94. The Bertz CT molecular complexity index is 1620. The lowest BCUT2D eigenvalue weighted by atomic mass is 9.94. The molecule has 1 aliphatic carbocycles. The first-order valence-electron chi connectivity index (χ1n) is 13.0. The van der Waals surface area contributed by atoms with Gasteiger partial charge in [-0.15, -0.1) is 0 Å². The number of ether oxygens (including phenoxy) is 2. The summed E-state index contributed by atoms with van der Waals surface area (Å²) < 4.78 is 14.4. The molecule has 1 fully saturated rings. The van der Waals surface area contributed by atoms with E-state index in [1.807, 2.05) is 28.8 Å². The molecular formula is C29H30N4O5. The Kier molecular flexibility index (Phi) is 7.35. The molecule has 9 heteroatoms. The van der Waals surface area contributed by atoms with Crippen molar-refractivity contribution in [2.45, 2.75) is 58.1 Å². The number of nitrogens with zero attached hydrogens (tertiary/aromatic N) is 4. The minimum absolute atomic E-state index is 0.0555. The van der Waals surface area contributed by atoms with Crippen LogP contribution in [0.4, 0.5) is 0 Å². The molecule has 1 saturated carbocycles. The maximum Gasteiger partial charge on any atom is 0.341 e. The first kappa shape index (κ1) is 25.4. The van der Waals surface area contributed by atoms with Crippen molar-refractivity contribution < 1.29 is 19.1 Å². The number of carbonyl (C=O) groups excluding carboxylic acids is 2. The molecular weight excluding hydrogens is 484 g/mol. The molecule has 0 spiro atoms. The highest BCUT2D eigenvalue weighted by Gasteiger charge is 2.26. The second-order valence-corrected chi connectivity index (χ2v) is 9.37. The Morgan fingerprint density at radius 3 is 2.55 bits per heavy atom. The van der Waals surface area contributed by atoms with E-state index >= 15 is 0 Å². The van der Waals surface area contributed by atoms with Crippen LogP contribution in [0.1, 0.15) is 62.4 Å². The second kappa shape index (κ2) is 11.0. The molecule has 0 bridgehead atoms. The predicted octanol–water partition coefficient (Wildman–Crippen LogP) is 4.23. The van der Waals surface area contributed by atoms with Crippen molar-refractivity contribution >= 4 is 28.6 Å². The molecule has 38 heavy (non-hydrogen) atoms. The number of para-hydroxylation sites is 1. The topological polar surface area (TPSA) is 104 Å². The van der Waals surface area contributed by atoms with Crippen molar-refractivity contribution in [2.24, 2.45) is 4.99 Å². The Hall–Kier alpha value is -4.27. The van der Waals surface area contributed by atoms with Crippen molar-refractivity contribution in [3.05, 3.63) is 82.2 Å². The van der Waals surface area contributed by atoms with Gasteiger partial charge in [0.1, 0.15) is 22.6 Å². The zero-order valence-corrected chi connectivity index (χ0v) is 21.5. The summed E-state index contributed by atoms with van der Waals surface area (Å²) in [6.07, 6.45) is 5.43. The van der Waals surface area contributed by atoms with E-state index in [0.29, 0.717) is 17.0 Å². The van der Waals surface area contributed by atoms with Crippen LogP contribution in [0, 0.1) is 0 Å². The molecule has 1 aromatic carbocycles. The third-order valence-corrected chi connectivity index (χ3v) is 6.79. The normalized spacial score (nSPS) is 15.5. The van der Waals surface area contributed by atoms with Gasteiger partial charge in [-0.2, -0.15) is 4.99 Å². The van der Waals surface area contributed by atoms with Crippen molar-refractivity contribution in [1.29, 1.82) is 0 Å². The van der Waals surface area contributed by atoms with Crippen LogP contribution < -0.4 is 15.8 Å². The second-order valence-electron chi connectivity index (χ2n) is 9.37. The van der Waals surface area contributed by atoms with Crippen LogP contribution in [-0.4, -0.2) is 38.5 Å². The van der Waals surface area contributed by atoms with Gasteiger partial charge in [0.15, 0.2) is 11.6 Å². The quantitative estimate of drug-likeness (QED) is 0.282. The van der Waals surface area contributed by atoms with E-state index in [2.05, 4.69) is 4.99 Å². The lowest BCUT2D eigenvalue weighted by molar-refractivity contribution is -0.124. The zero-order valence-electron chi connectivity index (χ0n) is 21.5. The number of hydrogen-bond donors (Lipinski definition) is 0. The lowest BCUT2D eigenvalue weighted by Crippen LogP contribution is -2.37. The fourth-order valence-corrected chi connectivity index (χ4v) is 4.95. The number of amides is 1. The number of fused-ring (bicyclic) bond motifs is 2. The van der Waals surface area contributed by atoms with Crippen molar-refractivity contribution in [3.8, 4) is 5.75 Å². The van der Waals surface area contributed by atoms with Gasteiger partial charge in [-0.05, 0) is 57.0 Å². The molecule has 0 saturated heterocycles. The van der Waals surface area contributed by atoms with E-state index in [1.165, 1.54) is 10.5 Å². The third kappa shape index (κ3) is 4.96. The summed E-state index contributed by atoms with van der Waals surface area (Å²) in [5.41, 5.74) is 0.753. The van der Waals surface area contributed by atoms with Crippen LogP contribution in [0.3, 0.4) is 0 Å². The Balaban J connectivity index is 1.78. The number of carbonyl (C=O) groups is 2. The first-order valence-corrected chi connectivity index (χ1v) is 13.0. The first-order chi connectivity index (χ1) is 18.5. The summed E-state index contributed by atoms with van der Waals surface area (Å²) >= 11 is 0. The average molecular weight is 515 g/mol. The summed E-state index contributed by atoms with van der Waals surface area (Å²) in [5.74, 6) is -0.672. The van der Waals surface area contributed by atoms with Crippen molar-refractivity contribution in [2.75, 3.05) is 6.61 Å². The van der Waals surface area contributed by atoms with Gasteiger partial charge in [-0.3, -0.25) is 14.0 Å². The smallest absolute Gasteiger partial charge is 0.341 e. The third-order valence-electron chi connectivity index (χ3n) is 6.79. The molecule has 196 valence electrons. The summed E-state index contributed by atoms with van der Waals surface area (Å²) in [5, 5.41) is 0.266. The Morgan fingerprint density at radius 1 is 1.08 bits per heavy atom. The van der Waals surface area contributed by atoms with Gasteiger partial charge in [0.2, 0.25) is 0 Å². The highest BCUT2D eigenvalue weighted by Crippen LogP contribution is 2.29. The molecule has 3 heterocycles. The monoisotopic (exact) mass is 514 g/mol. The number of pyridine rings is 2. The van der Waals surface area contributed by atoms with Crippen LogP contribution in [0.5, 0.6) is 5.75 Å². The fraction of sp³-hybridized carbons (Fsp3) is 0.345. The molecule has 0 unspecified atom stereocenters. The van der Waals surface area contributed by atoms with Gasteiger partial charge in [-0.1, -0.05) is 43.5 Å². The SMILES string of the molecule is CCOC(=O)c1cc2c(=O)n3ccccc3nc2n(C2CCCCC2)c1=NC(=O)[C@H](C)Oc1ccccc1. The highest BCUT2D eigenvalue weighted by atomic mass is 16.5. The van der Waals surface area contributed by atoms with Gasteiger partial charge < -0.3 is 14.0 Å².